The van der Waals surface area contributed by atoms with E-state index >= 15 is 0 Å². The van der Waals surface area contributed by atoms with Crippen LogP contribution < -0.4 is 10.1 Å². The van der Waals surface area contributed by atoms with Crippen LogP contribution in [0.3, 0.4) is 0 Å². The maximum atomic E-state index is 12.9. The first-order valence-electron chi connectivity index (χ1n) is 10.8. The Morgan fingerprint density at radius 3 is 2.66 bits per heavy atom. The number of ether oxygens (including phenoxy) is 1. The molecule has 1 saturated carbocycles. The molecular formula is C24H27N5O2S. The van der Waals surface area contributed by atoms with E-state index in [1.54, 1.807) is 13.3 Å². The molecule has 0 atom stereocenters. The van der Waals surface area contributed by atoms with Gasteiger partial charge in [-0.3, -0.25) is 9.36 Å². The van der Waals surface area contributed by atoms with E-state index in [9.17, 15) is 10.1 Å². The van der Waals surface area contributed by atoms with Crippen LogP contribution in [-0.2, 0) is 4.79 Å². The van der Waals surface area contributed by atoms with Crippen LogP contribution in [0.4, 0.5) is 5.82 Å². The third-order valence-corrected chi connectivity index (χ3v) is 7.07. The highest BCUT2D eigenvalue weighted by Crippen LogP contribution is 2.37. The maximum Gasteiger partial charge on any atom is 0.235 e. The van der Waals surface area contributed by atoms with Crippen molar-refractivity contribution in [2.45, 2.75) is 50.7 Å². The quantitative estimate of drug-likeness (QED) is 0.512. The molecule has 1 aromatic carbocycles. The largest absolute Gasteiger partial charge is 0.497 e. The Hall–Kier alpha value is -3.18. The van der Waals surface area contributed by atoms with E-state index in [2.05, 4.69) is 20.9 Å². The fraction of sp³-hybridized carbons (Fsp3) is 0.375. The summed E-state index contributed by atoms with van der Waals surface area (Å²) in [6.07, 6.45) is 8.11. The Morgan fingerprint density at radius 1 is 1.28 bits per heavy atom. The van der Waals surface area contributed by atoms with Gasteiger partial charge in [0.15, 0.2) is 5.16 Å². The molecule has 8 heteroatoms. The van der Waals surface area contributed by atoms with E-state index < -0.39 is 0 Å². The monoisotopic (exact) mass is 449 g/mol. The molecule has 3 aromatic rings. The third-order valence-electron chi connectivity index (χ3n) is 6.11. The lowest BCUT2D eigenvalue weighted by Gasteiger charge is -2.19. The fourth-order valence-electron chi connectivity index (χ4n) is 4.34. The summed E-state index contributed by atoms with van der Waals surface area (Å²) in [7, 11) is 1.63. The zero-order valence-corrected chi connectivity index (χ0v) is 19.4. The number of imidazole rings is 1. The zero-order valence-electron chi connectivity index (χ0n) is 18.6. The average Bonchev–Trinajstić information content (AvgIpc) is 3.54. The lowest BCUT2D eigenvalue weighted by Crippen LogP contribution is -2.20. The van der Waals surface area contributed by atoms with Gasteiger partial charge in [-0.25, -0.2) is 4.98 Å². The van der Waals surface area contributed by atoms with Crippen molar-refractivity contribution in [3.63, 3.8) is 0 Å². The number of hydrogen-bond donors (Lipinski definition) is 1. The molecule has 1 amide bonds. The number of carbonyl (C=O) groups excluding carboxylic acids is 1. The third kappa shape index (κ3) is 4.26. The van der Waals surface area contributed by atoms with Crippen molar-refractivity contribution in [3.05, 3.63) is 53.5 Å². The highest BCUT2D eigenvalue weighted by atomic mass is 32.2. The Balaban J connectivity index is 1.49. The number of methoxy groups -OCH3 is 1. The van der Waals surface area contributed by atoms with Crippen LogP contribution >= 0.6 is 11.8 Å². The number of amides is 1. The summed E-state index contributed by atoms with van der Waals surface area (Å²) < 4.78 is 9.33. The van der Waals surface area contributed by atoms with Gasteiger partial charge in [-0.2, -0.15) is 5.26 Å². The van der Waals surface area contributed by atoms with Gasteiger partial charge in [0.1, 0.15) is 17.6 Å². The van der Waals surface area contributed by atoms with Crippen molar-refractivity contribution in [3.8, 4) is 17.5 Å². The summed E-state index contributed by atoms with van der Waals surface area (Å²) in [5.74, 6) is 1.48. The normalized spacial score (nSPS) is 13.8. The van der Waals surface area contributed by atoms with Gasteiger partial charge < -0.3 is 14.6 Å². The summed E-state index contributed by atoms with van der Waals surface area (Å²) >= 11 is 1.36. The summed E-state index contributed by atoms with van der Waals surface area (Å²) in [6, 6.07) is 10.3. The SMILES string of the molecule is COc1ccc(-n2ccnc2SCC(=O)Nc2c(C#N)c(C)c(C)n2C2CCCC2)cc1. The van der Waals surface area contributed by atoms with E-state index in [-0.39, 0.29) is 11.7 Å². The van der Waals surface area contributed by atoms with Crippen LogP contribution in [0.5, 0.6) is 5.75 Å². The predicted molar refractivity (Wildman–Crippen MR) is 126 cm³/mol. The Labute approximate surface area is 192 Å². The second-order valence-electron chi connectivity index (χ2n) is 7.97. The zero-order chi connectivity index (χ0) is 22.7. The van der Waals surface area contributed by atoms with Crippen molar-refractivity contribution in [1.29, 1.82) is 5.26 Å². The van der Waals surface area contributed by atoms with E-state index in [0.29, 0.717) is 17.4 Å². The van der Waals surface area contributed by atoms with Crippen molar-refractivity contribution in [1.82, 2.24) is 14.1 Å². The molecule has 32 heavy (non-hydrogen) atoms. The van der Waals surface area contributed by atoms with Crippen molar-refractivity contribution < 1.29 is 9.53 Å². The van der Waals surface area contributed by atoms with E-state index in [1.807, 2.05) is 48.9 Å². The molecule has 2 heterocycles. The summed E-state index contributed by atoms with van der Waals surface area (Å²) in [6.45, 7) is 3.99. The molecule has 0 spiro atoms. The lowest BCUT2D eigenvalue weighted by molar-refractivity contribution is -0.113. The second kappa shape index (κ2) is 9.53. The average molecular weight is 450 g/mol. The van der Waals surface area contributed by atoms with Crippen LogP contribution in [-0.4, -0.2) is 32.9 Å². The number of nitrogens with zero attached hydrogens (tertiary/aromatic N) is 4. The molecule has 7 nitrogen and oxygen atoms in total. The highest BCUT2D eigenvalue weighted by molar-refractivity contribution is 7.99. The van der Waals surface area contributed by atoms with Crippen LogP contribution in [0, 0.1) is 25.2 Å². The Bertz CT molecular complexity index is 1150. The molecule has 0 radical (unpaired) electrons. The van der Waals surface area contributed by atoms with Gasteiger partial charge >= 0.3 is 0 Å². The molecule has 0 saturated heterocycles. The highest BCUT2D eigenvalue weighted by Gasteiger charge is 2.26. The molecule has 1 N–H and O–H groups in total. The van der Waals surface area contributed by atoms with Gasteiger partial charge in [0.25, 0.3) is 0 Å². The predicted octanol–water partition coefficient (Wildman–Crippen LogP) is 5.02. The van der Waals surface area contributed by atoms with E-state index in [4.69, 9.17) is 4.74 Å². The number of rotatable bonds is 7. The van der Waals surface area contributed by atoms with Gasteiger partial charge in [-0.05, 0) is 56.5 Å². The van der Waals surface area contributed by atoms with Crippen LogP contribution in [0.25, 0.3) is 5.69 Å². The van der Waals surface area contributed by atoms with Crippen LogP contribution in [0.15, 0.2) is 41.8 Å². The Kier molecular flexibility index (Phi) is 6.56. The molecule has 1 fully saturated rings. The number of nitriles is 1. The Morgan fingerprint density at radius 2 is 2.00 bits per heavy atom. The number of hydrogen-bond acceptors (Lipinski definition) is 5. The lowest BCUT2D eigenvalue weighted by atomic mass is 10.2. The minimum absolute atomic E-state index is 0.146. The number of aromatic nitrogens is 3. The first kappa shape index (κ1) is 22.0. The molecule has 0 bridgehead atoms. The van der Waals surface area contributed by atoms with Gasteiger partial charge in [-0.1, -0.05) is 24.6 Å². The summed E-state index contributed by atoms with van der Waals surface area (Å²) in [4.78, 5) is 17.3. The summed E-state index contributed by atoms with van der Waals surface area (Å²) in [5.41, 5.74) is 3.51. The van der Waals surface area contributed by atoms with Crippen LogP contribution in [0.2, 0.25) is 0 Å². The molecule has 2 aromatic heterocycles. The minimum Gasteiger partial charge on any atom is -0.497 e. The van der Waals surface area contributed by atoms with Gasteiger partial charge in [0.2, 0.25) is 5.91 Å². The van der Waals surface area contributed by atoms with Gasteiger partial charge in [0, 0.05) is 29.8 Å². The molecular weight excluding hydrogens is 422 g/mol. The summed E-state index contributed by atoms with van der Waals surface area (Å²) in [5, 5.41) is 13.5. The molecule has 4 rings (SSSR count). The molecule has 0 unspecified atom stereocenters. The van der Waals surface area contributed by atoms with E-state index in [1.165, 1.54) is 24.6 Å². The van der Waals surface area contributed by atoms with Crippen LogP contribution in [0.1, 0.15) is 48.5 Å². The smallest absolute Gasteiger partial charge is 0.235 e. The minimum atomic E-state index is -0.146. The number of carbonyl (C=O) groups is 1. The van der Waals surface area contributed by atoms with Gasteiger partial charge in [-0.15, -0.1) is 0 Å². The first-order valence-corrected chi connectivity index (χ1v) is 11.7. The van der Waals surface area contributed by atoms with Crippen molar-refractivity contribution >= 4 is 23.5 Å². The molecule has 1 aliphatic carbocycles. The topological polar surface area (TPSA) is 84.9 Å². The number of nitrogens with one attached hydrogen (secondary N) is 1. The fourth-order valence-corrected chi connectivity index (χ4v) is 5.11. The second-order valence-corrected chi connectivity index (χ2v) is 8.91. The molecule has 0 aliphatic heterocycles. The molecule has 1 aliphatic rings. The van der Waals surface area contributed by atoms with Gasteiger partial charge in [0.05, 0.1) is 18.4 Å². The molecule has 166 valence electrons. The first-order chi connectivity index (χ1) is 15.5. The standard InChI is InChI=1S/C24H27N5O2S/c1-16-17(2)29(19-6-4-5-7-19)23(21(16)14-25)27-22(30)15-32-24-26-12-13-28(24)18-8-10-20(31-3)11-9-18/h8-13,19H,4-7,15H2,1-3H3,(H,27,30). The maximum absolute atomic E-state index is 12.9. The van der Waals surface area contributed by atoms with E-state index in [0.717, 1.165) is 40.7 Å². The number of thioether (sulfide) groups is 1. The van der Waals surface area contributed by atoms with Crippen molar-refractivity contribution in [2.75, 3.05) is 18.2 Å². The van der Waals surface area contributed by atoms with Crippen molar-refractivity contribution in [2.24, 2.45) is 0 Å². The number of anilines is 1. The number of benzene rings is 1.